The van der Waals surface area contributed by atoms with Gasteiger partial charge in [-0.15, -0.1) is 0 Å². The highest BCUT2D eigenvalue weighted by molar-refractivity contribution is 6.26. The monoisotopic (exact) mass is 626 g/mol. The van der Waals surface area contributed by atoms with Gasteiger partial charge in [0, 0.05) is 49.2 Å². The Hall–Kier alpha value is -6.58. The second kappa shape index (κ2) is 9.96. The van der Waals surface area contributed by atoms with E-state index >= 15 is 0 Å². The van der Waals surface area contributed by atoms with E-state index < -0.39 is 0 Å². The summed E-state index contributed by atoms with van der Waals surface area (Å²) in [5.74, 6) is 0.829. The maximum atomic E-state index is 7.14. The van der Waals surface area contributed by atoms with Gasteiger partial charge in [0.15, 0.2) is 11.2 Å². The van der Waals surface area contributed by atoms with Crippen molar-refractivity contribution in [3.05, 3.63) is 158 Å². The maximum Gasteiger partial charge on any atom is 0.178 e. The van der Waals surface area contributed by atoms with Crippen molar-refractivity contribution < 1.29 is 13.3 Å². The molecule has 0 aliphatic rings. The largest absolute Gasteiger partial charge is 0.455 e. The topological polar surface area (TPSA) is 39.4 Å². The minimum atomic E-state index is 0.756. The molecule has 3 heterocycles. The van der Waals surface area contributed by atoms with Crippen molar-refractivity contribution >= 4 is 76.4 Å². The summed E-state index contributed by atoms with van der Waals surface area (Å²) >= 11 is 0. The van der Waals surface area contributed by atoms with Crippen LogP contribution in [0.25, 0.3) is 110 Å². The Morgan fingerprint density at radius 3 is 1.39 bits per heavy atom. The first-order chi connectivity index (χ1) is 24.3. The van der Waals surface area contributed by atoms with Gasteiger partial charge in [0.2, 0.25) is 0 Å². The Kier molecular flexibility index (Phi) is 5.38. The Morgan fingerprint density at radius 2 is 0.735 bits per heavy atom. The molecular formula is C46H26O3. The minimum absolute atomic E-state index is 0.756. The van der Waals surface area contributed by atoms with Crippen LogP contribution in [-0.2, 0) is 0 Å². The highest BCUT2D eigenvalue weighted by Gasteiger charge is 2.26. The summed E-state index contributed by atoms with van der Waals surface area (Å²) in [5.41, 5.74) is 9.60. The standard InChI is InChI=1S/C46H26O3/c1-2-13-27(14-3-1)40-37-26-25-35-29-16-9-11-24-39(29)48-44(35)45(37)49-46(40)42-32-19-6-4-17-30(32)41(31-18-5-7-20-33(31)42)36-22-12-21-34-28-15-8-10-23-38(28)47-43(34)36/h1-26H. The smallest absolute Gasteiger partial charge is 0.178 e. The third kappa shape index (κ3) is 3.67. The molecule has 0 saturated carbocycles. The van der Waals surface area contributed by atoms with Gasteiger partial charge in [-0.1, -0.05) is 133 Å². The molecule has 49 heavy (non-hydrogen) atoms. The van der Waals surface area contributed by atoms with Crippen molar-refractivity contribution in [1.82, 2.24) is 0 Å². The van der Waals surface area contributed by atoms with Crippen LogP contribution in [-0.4, -0.2) is 0 Å². The maximum absolute atomic E-state index is 7.14. The van der Waals surface area contributed by atoms with Crippen molar-refractivity contribution in [1.29, 1.82) is 0 Å². The molecule has 3 heteroatoms. The third-order valence-corrected chi connectivity index (χ3v) is 10.1. The molecule has 11 rings (SSSR count). The molecule has 0 amide bonds. The number of benzene rings is 8. The average Bonchev–Trinajstić information content (AvgIpc) is 3.86. The molecule has 3 nitrogen and oxygen atoms in total. The van der Waals surface area contributed by atoms with Crippen molar-refractivity contribution in [2.24, 2.45) is 0 Å². The fraction of sp³-hybridized carbons (Fsp3) is 0. The number of para-hydroxylation sites is 3. The fourth-order valence-electron chi connectivity index (χ4n) is 8.01. The van der Waals surface area contributed by atoms with Crippen molar-refractivity contribution in [2.45, 2.75) is 0 Å². The van der Waals surface area contributed by atoms with Crippen LogP contribution < -0.4 is 0 Å². The number of hydrogen-bond acceptors (Lipinski definition) is 3. The molecule has 0 aliphatic carbocycles. The average molecular weight is 627 g/mol. The van der Waals surface area contributed by atoms with Crippen molar-refractivity contribution in [3.63, 3.8) is 0 Å². The molecular weight excluding hydrogens is 601 g/mol. The van der Waals surface area contributed by atoms with Gasteiger partial charge in [0.1, 0.15) is 22.5 Å². The summed E-state index contributed by atoms with van der Waals surface area (Å²) in [7, 11) is 0. The lowest BCUT2D eigenvalue weighted by molar-refractivity contribution is 0.613. The van der Waals surface area contributed by atoms with Gasteiger partial charge in [0.25, 0.3) is 0 Å². The number of rotatable bonds is 3. The van der Waals surface area contributed by atoms with E-state index in [9.17, 15) is 0 Å². The van der Waals surface area contributed by atoms with E-state index in [0.29, 0.717) is 0 Å². The fourth-order valence-corrected chi connectivity index (χ4v) is 8.01. The van der Waals surface area contributed by atoms with Crippen LogP contribution in [0.3, 0.4) is 0 Å². The molecule has 0 spiro atoms. The predicted octanol–water partition coefficient (Wildman–Crippen LogP) is 13.5. The van der Waals surface area contributed by atoms with E-state index in [4.69, 9.17) is 13.3 Å². The number of hydrogen-bond donors (Lipinski definition) is 0. The van der Waals surface area contributed by atoms with Crippen molar-refractivity contribution in [3.8, 4) is 33.6 Å². The van der Waals surface area contributed by atoms with Gasteiger partial charge in [-0.3, -0.25) is 0 Å². The molecule has 0 aliphatic heterocycles. The first-order valence-corrected chi connectivity index (χ1v) is 16.6. The van der Waals surface area contributed by atoms with Gasteiger partial charge in [0.05, 0.1) is 0 Å². The van der Waals surface area contributed by atoms with Gasteiger partial charge < -0.3 is 13.3 Å². The van der Waals surface area contributed by atoms with Crippen LogP contribution in [0, 0.1) is 0 Å². The molecule has 0 fully saturated rings. The zero-order valence-corrected chi connectivity index (χ0v) is 26.2. The Labute approximate surface area is 280 Å². The predicted molar refractivity (Wildman–Crippen MR) is 202 cm³/mol. The highest BCUT2D eigenvalue weighted by Crippen LogP contribution is 2.51. The number of fused-ring (bicyclic) bond motifs is 10. The van der Waals surface area contributed by atoms with Crippen molar-refractivity contribution in [2.75, 3.05) is 0 Å². The van der Waals surface area contributed by atoms with E-state index in [1.807, 2.05) is 24.3 Å². The normalized spacial score (nSPS) is 12.1. The molecule has 3 aromatic heterocycles. The van der Waals surface area contributed by atoms with Crippen LogP contribution in [0.2, 0.25) is 0 Å². The van der Waals surface area contributed by atoms with Crippen LogP contribution in [0.1, 0.15) is 0 Å². The lowest BCUT2D eigenvalue weighted by Gasteiger charge is -2.17. The second-order valence-corrected chi connectivity index (χ2v) is 12.7. The van der Waals surface area contributed by atoms with Crippen LogP contribution >= 0.6 is 0 Å². The second-order valence-electron chi connectivity index (χ2n) is 12.7. The summed E-state index contributed by atoms with van der Waals surface area (Å²) in [6.45, 7) is 0. The van der Waals surface area contributed by atoms with E-state index in [-0.39, 0.29) is 0 Å². The molecule has 8 aromatic carbocycles. The zero-order chi connectivity index (χ0) is 32.1. The summed E-state index contributed by atoms with van der Waals surface area (Å²) in [6, 6.07) is 55.3. The lowest BCUT2D eigenvalue weighted by atomic mass is 9.85. The SMILES string of the molecule is c1ccc(-c2c(-c3c4ccccc4c(-c4cccc5c4oc4ccccc45)c4ccccc34)oc3c2ccc2c4ccccc4oc23)cc1. The van der Waals surface area contributed by atoms with E-state index in [1.165, 1.54) is 0 Å². The van der Waals surface area contributed by atoms with Gasteiger partial charge in [-0.2, -0.15) is 0 Å². The van der Waals surface area contributed by atoms with Crippen LogP contribution in [0.4, 0.5) is 0 Å². The van der Waals surface area contributed by atoms with Crippen LogP contribution in [0.15, 0.2) is 171 Å². The Morgan fingerprint density at radius 1 is 0.265 bits per heavy atom. The Balaban J connectivity index is 1.30. The first-order valence-electron chi connectivity index (χ1n) is 16.6. The molecule has 0 unspecified atom stereocenters. The summed E-state index contributed by atoms with van der Waals surface area (Å²) in [4.78, 5) is 0. The first kappa shape index (κ1) is 26.5. The van der Waals surface area contributed by atoms with Gasteiger partial charge in [-0.25, -0.2) is 0 Å². The van der Waals surface area contributed by atoms with E-state index in [1.54, 1.807) is 0 Å². The van der Waals surface area contributed by atoms with E-state index in [0.717, 1.165) is 110 Å². The molecule has 228 valence electrons. The summed E-state index contributed by atoms with van der Waals surface area (Å²) in [5, 5.41) is 9.89. The Bertz CT molecular complexity index is 3040. The zero-order valence-electron chi connectivity index (χ0n) is 26.2. The molecule has 0 radical (unpaired) electrons. The van der Waals surface area contributed by atoms with Crippen LogP contribution in [0.5, 0.6) is 0 Å². The quantitative estimate of drug-likeness (QED) is 0.183. The third-order valence-electron chi connectivity index (χ3n) is 10.1. The van der Waals surface area contributed by atoms with E-state index in [2.05, 4.69) is 133 Å². The molecule has 11 aromatic rings. The molecule has 0 atom stereocenters. The molecule has 0 saturated heterocycles. The van der Waals surface area contributed by atoms with Gasteiger partial charge >= 0.3 is 0 Å². The molecule has 0 bridgehead atoms. The van der Waals surface area contributed by atoms with Gasteiger partial charge in [-0.05, 0) is 51.4 Å². The molecule has 0 N–H and O–H groups in total. The summed E-state index contributed by atoms with van der Waals surface area (Å²) in [6.07, 6.45) is 0. The lowest BCUT2D eigenvalue weighted by Crippen LogP contribution is -1.91. The summed E-state index contributed by atoms with van der Waals surface area (Å²) < 4.78 is 20.3. The minimum Gasteiger partial charge on any atom is -0.455 e. The number of furan rings is 3. The highest BCUT2D eigenvalue weighted by atomic mass is 16.4.